The number of hydrogen-bond donors (Lipinski definition) is 2. The van der Waals surface area contributed by atoms with E-state index in [1.54, 1.807) is 20.8 Å². The van der Waals surface area contributed by atoms with E-state index in [0.29, 0.717) is 13.0 Å². The number of benzene rings is 1. The van der Waals surface area contributed by atoms with Gasteiger partial charge in [0.25, 0.3) is 10.0 Å². The highest BCUT2D eigenvalue weighted by molar-refractivity contribution is 7.92. The van der Waals surface area contributed by atoms with Crippen molar-refractivity contribution in [3.05, 3.63) is 39.8 Å². The number of carbonyl (C=O) groups is 2. The third-order valence-corrected chi connectivity index (χ3v) is 7.34. The molecule has 2 aliphatic carbocycles. The molecule has 0 unspecified atom stereocenters. The fraction of sp³-hybridized carbons (Fsp3) is 0.583. The summed E-state index contributed by atoms with van der Waals surface area (Å²) in [5.74, 6) is 0. The minimum Gasteiger partial charge on any atom is -0.444 e. The summed E-state index contributed by atoms with van der Waals surface area (Å²) in [6.45, 7) is 5.87. The second kappa shape index (κ2) is 9.00. The van der Waals surface area contributed by atoms with Gasteiger partial charge in [0.05, 0.1) is 6.04 Å². The first-order valence-corrected chi connectivity index (χ1v) is 13.3. The first-order chi connectivity index (χ1) is 15.5. The van der Waals surface area contributed by atoms with E-state index in [1.807, 2.05) is 0 Å². The van der Waals surface area contributed by atoms with Crippen molar-refractivity contribution in [3.8, 4) is 0 Å². The molecule has 0 spiro atoms. The molecule has 1 saturated heterocycles. The van der Waals surface area contributed by atoms with Crippen LogP contribution in [0.25, 0.3) is 0 Å². The third kappa shape index (κ3) is 5.51. The summed E-state index contributed by atoms with van der Waals surface area (Å²) < 4.78 is 32.6. The average Bonchev–Trinajstić information content (AvgIpc) is 3.44. The maximum Gasteiger partial charge on any atom is 0.410 e. The van der Waals surface area contributed by atoms with E-state index in [2.05, 4.69) is 16.1 Å². The van der Waals surface area contributed by atoms with Crippen molar-refractivity contribution in [3.63, 3.8) is 0 Å². The van der Waals surface area contributed by atoms with Crippen molar-refractivity contribution in [2.24, 2.45) is 0 Å². The van der Waals surface area contributed by atoms with Crippen LogP contribution in [0.4, 0.5) is 15.3 Å². The molecule has 0 aromatic heterocycles. The van der Waals surface area contributed by atoms with E-state index in [-0.39, 0.29) is 6.04 Å². The molecule has 180 valence electrons. The Morgan fingerprint density at radius 1 is 1.06 bits per heavy atom. The molecule has 33 heavy (non-hydrogen) atoms. The number of likely N-dealkylation sites (tertiary alicyclic amines) is 1. The van der Waals surface area contributed by atoms with Crippen molar-refractivity contribution in [2.75, 3.05) is 11.9 Å². The normalized spacial score (nSPS) is 20.1. The number of aryl methyl sites for hydroxylation is 2. The van der Waals surface area contributed by atoms with Crippen LogP contribution in [0.5, 0.6) is 0 Å². The highest BCUT2D eigenvalue weighted by Gasteiger charge is 2.31. The Balaban J connectivity index is 1.42. The Labute approximate surface area is 195 Å². The quantitative estimate of drug-likeness (QED) is 0.684. The largest absolute Gasteiger partial charge is 0.444 e. The molecular formula is C24H33N3O5S. The van der Waals surface area contributed by atoms with Crippen LogP contribution in [0.15, 0.2) is 17.6 Å². The molecule has 9 heteroatoms. The molecule has 3 amide bonds. The van der Waals surface area contributed by atoms with E-state index < -0.39 is 27.7 Å². The number of sulfonamides is 1. The van der Waals surface area contributed by atoms with Crippen LogP contribution in [0.2, 0.25) is 0 Å². The SMILES string of the molecule is CC(C)(C)OC(=O)N1CCC[C@@H]1/C=C/S(=O)(=O)NC(=O)Nc1c2c(cc3c1CCC3)CCC2. The molecule has 1 atom stereocenters. The van der Waals surface area contributed by atoms with Crippen molar-refractivity contribution >= 4 is 27.8 Å². The third-order valence-electron chi connectivity index (χ3n) is 6.35. The van der Waals surface area contributed by atoms with Gasteiger partial charge in [-0.25, -0.2) is 22.7 Å². The number of rotatable bonds is 4. The smallest absolute Gasteiger partial charge is 0.410 e. The van der Waals surface area contributed by atoms with E-state index in [9.17, 15) is 18.0 Å². The number of anilines is 1. The number of ether oxygens (including phenoxy) is 1. The van der Waals surface area contributed by atoms with E-state index in [1.165, 1.54) is 22.1 Å². The van der Waals surface area contributed by atoms with E-state index >= 15 is 0 Å². The number of fused-ring (bicyclic) bond motifs is 2. The Kier molecular flexibility index (Phi) is 6.44. The highest BCUT2D eigenvalue weighted by atomic mass is 32.2. The van der Waals surface area contributed by atoms with E-state index in [4.69, 9.17) is 4.74 Å². The van der Waals surface area contributed by atoms with Crippen molar-refractivity contribution in [1.29, 1.82) is 0 Å². The van der Waals surface area contributed by atoms with Crippen molar-refractivity contribution in [2.45, 2.75) is 83.8 Å². The number of hydrogen-bond acceptors (Lipinski definition) is 5. The van der Waals surface area contributed by atoms with Crippen LogP contribution in [-0.4, -0.2) is 43.6 Å². The molecule has 1 aliphatic heterocycles. The second-order valence-electron chi connectivity index (χ2n) is 10.0. The molecule has 8 nitrogen and oxygen atoms in total. The standard InChI is InChI=1S/C24H33N3O5S/c1-24(2,3)32-23(29)27-13-6-9-18(27)12-14-33(30,31)26-22(28)25-21-19-10-4-7-16(19)15-17-8-5-11-20(17)21/h12,14-15,18H,4-11,13H2,1-3H3,(H2,25,26,28)/b14-12+/t18-/m1/s1. The zero-order valence-electron chi connectivity index (χ0n) is 19.6. The van der Waals surface area contributed by atoms with Gasteiger partial charge in [-0.1, -0.05) is 6.07 Å². The fourth-order valence-electron chi connectivity index (χ4n) is 5.00. The van der Waals surface area contributed by atoms with Crippen molar-refractivity contribution in [1.82, 2.24) is 9.62 Å². The fourth-order valence-corrected chi connectivity index (χ4v) is 5.77. The van der Waals surface area contributed by atoms with Gasteiger partial charge in [0, 0.05) is 17.6 Å². The molecule has 1 fully saturated rings. The topological polar surface area (TPSA) is 105 Å². The van der Waals surface area contributed by atoms with Crippen molar-refractivity contribution < 1.29 is 22.7 Å². The molecule has 1 aromatic rings. The van der Waals surface area contributed by atoms with Gasteiger partial charge in [-0.05, 0) is 100 Å². The second-order valence-corrected chi connectivity index (χ2v) is 11.6. The monoisotopic (exact) mass is 475 g/mol. The maximum atomic E-state index is 12.6. The summed E-state index contributed by atoms with van der Waals surface area (Å²) in [6, 6.07) is 1.11. The first kappa shape index (κ1) is 23.6. The lowest BCUT2D eigenvalue weighted by Gasteiger charge is -2.27. The summed E-state index contributed by atoms with van der Waals surface area (Å²) in [7, 11) is -4.02. The minimum atomic E-state index is -4.02. The summed E-state index contributed by atoms with van der Waals surface area (Å²) in [6.07, 6.45) is 8.25. The molecule has 4 rings (SSSR count). The molecule has 0 bridgehead atoms. The van der Waals surface area contributed by atoms with Crippen LogP contribution in [0.1, 0.15) is 68.7 Å². The lowest BCUT2D eigenvalue weighted by molar-refractivity contribution is 0.0256. The van der Waals surface area contributed by atoms with Gasteiger partial charge in [0.1, 0.15) is 5.60 Å². The van der Waals surface area contributed by atoms with Gasteiger partial charge in [-0.15, -0.1) is 0 Å². The van der Waals surface area contributed by atoms with Gasteiger partial charge >= 0.3 is 12.1 Å². The average molecular weight is 476 g/mol. The molecular weight excluding hydrogens is 442 g/mol. The van der Waals surface area contributed by atoms with Crippen LogP contribution in [0, 0.1) is 0 Å². The number of carbonyl (C=O) groups excluding carboxylic acids is 2. The zero-order valence-corrected chi connectivity index (χ0v) is 20.4. The molecule has 1 heterocycles. The molecule has 2 N–H and O–H groups in total. The first-order valence-electron chi connectivity index (χ1n) is 11.7. The minimum absolute atomic E-state index is 0.389. The maximum absolute atomic E-state index is 12.6. The lowest BCUT2D eigenvalue weighted by atomic mass is 9.99. The number of amides is 3. The van der Waals surface area contributed by atoms with Gasteiger partial charge in [-0.2, -0.15) is 0 Å². The van der Waals surface area contributed by atoms with Crippen LogP contribution < -0.4 is 10.0 Å². The Hall–Kier alpha value is -2.55. The Morgan fingerprint density at radius 2 is 1.70 bits per heavy atom. The summed E-state index contributed by atoms with van der Waals surface area (Å²) in [5.41, 5.74) is 4.96. The number of nitrogens with one attached hydrogen (secondary N) is 2. The van der Waals surface area contributed by atoms with Gasteiger partial charge in [0.15, 0.2) is 0 Å². The summed E-state index contributed by atoms with van der Waals surface area (Å²) in [5, 5.41) is 3.80. The molecule has 0 radical (unpaired) electrons. The van der Waals surface area contributed by atoms with Crippen LogP contribution in [0.3, 0.4) is 0 Å². The molecule has 0 saturated carbocycles. The van der Waals surface area contributed by atoms with E-state index in [0.717, 1.165) is 67.2 Å². The summed E-state index contributed by atoms with van der Waals surface area (Å²) in [4.78, 5) is 26.6. The molecule has 1 aromatic carbocycles. The zero-order chi connectivity index (χ0) is 23.8. The van der Waals surface area contributed by atoms with Gasteiger partial charge in [-0.3, -0.25) is 0 Å². The van der Waals surface area contributed by atoms with Gasteiger partial charge in [0.2, 0.25) is 0 Å². The van der Waals surface area contributed by atoms with Crippen LogP contribution in [-0.2, 0) is 40.4 Å². The molecule has 3 aliphatic rings. The predicted octanol–water partition coefficient (Wildman–Crippen LogP) is 4.03. The highest BCUT2D eigenvalue weighted by Crippen LogP contribution is 2.38. The van der Waals surface area contributed by atoms with Gasteiger partial charge < -0.3 is 15.0 Å². The Morgan fingerprint density at radius 3 is 2.30 bits per heavy atom. The lowest BCUT2D eigenvalue weighted by Crippen LogP contribution is -2.39. The number of nitrogens with zero attached hydrogens (tertiary/aromatic N) is 1. The Bertz CT molecular complexity index is 1060. The predicted molar refractivity (Wildman–Crippen MR) is 127 cm³/mol. The number of urea groups is 1. The van der Waals surface area contributed by atoms with Crippen LogP contribution >= 0.6 is 0 Å². The summed E-state index contributed by atoms with van der Waals surface area (Å²) >= 11 is 0.